The van der Waals surface area contributed by atoms with Gasteiger partial charge in [-0.3, -0.25) is 14.8 Å². The number of rotatable bonds is 4. The normalized spacial score (nSPS) is 10.8. The lowest BCUT2D eigenvalue weighted by Crippen LogP contribution is -2.28. The number of nitrogens with zero attached hydrogens (tertiary/aromatic N) is 4. The number of nitrogens with one attached hydrogen (secondary N) is 2. The zero-order chi connectivity index (χ0) is 15.4. The van der Waals surface area contributed by atoms with Gasteiger partial charge in [-0.2, -0.15) is 10.2 Å². The Balaban J connectivity index is 2.27. The Labute approximate surface area is 118 Å². The minimum atomic E-state index is -0.632. The van der Waals surface area contributed by atoms with Crippen molar-refractivity contribution in [1.29, 1.82) is 0 Å². The number of nitro groups is 1. The van der Waals surface area contributed by atoms with Gasteiger partial charge in [0.1, 0.15) is 10.6 Å². The molecule has 2 heterocycles. The molecule has 0 atom stereocenters. The van der Waals surface area contributed by atoms with Crippen LogP contribution in [0.2, 0.25) is 0 Å². The van der Waals surface area contributed by atoms with Crippen LogP contribution in [0.15, 0.2) is 27.8 Å². The highest BCUT2D eigenvalue weighted by Gasteiger charge is 2.17. The molecular weight excluding hydrogens is 280 g/mol. The number of aryl methyl sites for hydroxylation is 1. The molecule has 0 aliphatic heterocycles. The first-order chi connectivity index (χ1) is 10.0. The molecule has 0 aliphatic rings. The third kappa shape index (κ3) is 3.23. The highest BCUT2D eigenvalue weighted by atomic mass is 16.6. The molecule has 21 heavy (non-hydrogen) atoms. The monoisotopic (exact) mass is 292 g/mol. The first kappa shape index (κ1) is 14.2. The van der Waals surface area contributed by atoms with E-state index >= 15 is 0 Å². The van der Waals surface area contributed by atoms with Gasteiger partial charge in [0.05, 0.1) is 12.3 Å². The molecule has 0 aromatic carbocycles. The van der Waals surface area contributed by atoms with Crippen molar-refractivity contribution in [2.75, 3.05) is 7.05 Å². The number of hydrogen-bond donors (Lipinski definition) is 2. The van der Waals surface area contributed by atoms with E-state index in [2.05, 4.69) is 20.9 Å². The molecule has 2 aromatic rings. The zero-order valence-electron chi connectivity index (χ0n) is 11.2. The van der Waals surface area contributed by atoms with Crippen molar-refractivity contribution >= 4 is 18.1 Å². The lowest BCUT2D eigenvalue weighted by atomic mass is 10.2. The average molecular weight is 292 g/mol. The van der Waals surface area contributed by atoms with E-state index in [1.54, 1.807) is 13.2 Å². The van der Waals surface area contributed by atoms with Crippen LogP contribution >= 0.6 is 0 Å². The molecule has 2 aromatic heterocycles. The maximum atomic E-state index is 11.0. The van der Waals surface area contributed by atoms with Gasteiger partial charge in [0.25, 0.3) is 0 Å². The second kappa shape index (κ2) is 5.86. The van der Waals surface area contributed by atoms with E-state index in [-0.39, 0.29) is 11.6 Å². The average Bonchev–Trinajstić information content (AvgIpc) is 3.05. The SMILES string of the molecule is CNC(=O)NN=Cc1cn(C)nc1-c1ccc([N+](=O)[O-])o1. The number of aromatic nitrogens is 2. The first-order valence-electron chi connectivity index (χ1n) is 5.80. The van der Waals surface area contributed by atoms with Crippen LogP contribution in [0.4, 0.5) is 10.7 Å². The van der Waals surface area contributed by atoms with Crippen LogP contribution in [0.3, 0.4) is 0 Å². The molecule has 0 spiro atoms. The van der Waals surface area contributed by atoms with Crippen LogP contribution in [0, 0.1) is 10.1 Å². The number of carbonyl (C=O) groups excluding carboxylic acids is 1. The van der Waals surface area contributed by atoms with Crippen LogP contribution in [0.25, 0.3) is 11.5 Å². The molecule has 0 saturated carbocycles. The highest BCUT2D eigenvalue weighted by Crippen LogP contribution is 2.26. The zero-order valence-corrected chi connectivity index (χ0v) is 11.2. The van der Waals surface area contributed by atoms with Crippen molar-refractivity contribution in [3.63, 3.8) is 0 Å². The van der Waals surface area contributed by atoms with Crippen molar-refractivity contribution in [2.24, 2.45) is 12.1 Å². The standard InChI is InChI=1S/C11H12N6O4/c1-12-11(18)14-13-5-7-6-16(2)15-10(7)8-3-4-9(21-8)17(19)20/h3-6H,1-2H3,(H2,12,14,18). The Morgan fingerprint density at radius 2 is 2.33 bits per heavy atom. The van der Waals surface area contributed by atoms with Crippen LogP contribution in [-0.2, 0) is 7.05 Å². The number of hydrogen-bond acceptors (Lipinski definition) is 6. The largest absolute Gasteiger partial charge is 0.433 e. The van der Waals surface area contributed by atoms with Crippen LogP contribution < -0.4 is 10.7 Å². The Kier molecular flexibility index (Phi) is 3.97. The minimum Gasteiger partial charge on any atom is -0.399 e. The van der Waals surface area contributed by atoms with Crippen molar-refractivity contribution in [3.8, 4) is 11.5 Å². The van der Waals surface area contributed by atoms with Gasteiger partial charge in [-0.25, -0.2) is 10.2 Å². The second-order valence-corrected chi connectivity index (χ2v) is 3.95. The molecule has 0 radical (unpaired) electrons. The maximum Gasteiger partial charge on any atom is 0.433 e. The molecule has 0 aliphatic carbocycles. The van der Waals surface area contributed by atoms with E-state index in [1.165, 1.54) is 30.1 Å². The Bertz CT molecular complexity index is 701. The summed E-state index contributed by atoms with van der Waals surface area (Å²) in [5.41, 5.74) is 3.16. The van der Waals surface area contributed by atoms with Gasteiger partial charge in [-0.05, 0) is 6.07 Å². The van der Waals surface area contributed by atoms with Gasteiger partial charge in [-0.15, -0.1) is 0 Å². The number of hydrazone groups is 1. The van der Waals surface area contributed by atoms with E-state index in [0.717, 1.165) is 0 Å². The fourth-order valence-electron chi connectivity index (χ4n) is 1.56. The summed E-state index contributed by atoms with van der Waals surface area (Å²) in [6.07, 6.45) is 3.00. The van der Waals surface area contributed by atoms with Crippen molar-refractivity contribution < 1.29 is 14.1 Å². The summed E-state index contributed by atoms with van der Waals surface area (Å²) >= 11 is 0. The van der Waals surface area contributed by atoms with Crippen LogP contribution in [0.5, 0.6) is 0 Å². The predicted molar refractivity (Wildman–Crippen MR) is 72.7 cm³/mol. The third-order valence-electron chi connectivity index (χ3n) is 2.46. The van der Waals surface area contributed by atoms with E-state index in [9.17, 15) is 14.9 Å². The van der Waals surface area contributed by atoms with E-state index in [0.29, 0.717) is 11.3 Å². The quantitative estimate of drug-likeness (QED) is 0.490. The van der Waals surface area contributed by atoms with E-state index < -0.39 is 11.0 Å². The Morgan fingerprint density at radius 1 is 1.57 bits per heavy atom. The highest BCUT2D eigenvalue weighted by molar-refractivity contribution is 5.88. The van der Waals surface area contributed by atoms with Crippen molar-refractivity contribution in [1.82, 2.24) is 20.5 Å². The van der Waals surface area contributed by atoms with Gasteiger partial charge in [0, 0.05) is 25.9 Å². The van der Waals surface area contributed by atoms with Crippen LogP contribution in [0.1, 0.15) is 5.56 Å². The lowest BCUT2D eigenvalue weighted by molar-refractivity contribution is -0.401. The summed E-state index contributed by atoms with van der Waals surface area (Å²) < 4.78 is 6.60. The van der Waals surface area contributed by atoms with Crippen molar-refractivity contribution in [3.05, 3.63) is 34.0 Å². The van der Waals surface area contributed by atoms with Crippen molar-refractivity contribution in [2.45, 2.75) is 0 Å². The number of urea groups is 1. The lowest BCUT2D eigenvalue weighted by Gasteiger charge is -1.96. The Hall–Kier alpha value is -3.17. The smallest absolute Gasteiger partial charge is 0.399 e. The molecule has 0 unspecified atom stereocenters. The molecule has 2 rings (SSSR count). The third-order valence-corrected chi connectivity index (χ3v) is 2.46. The summed E-state index contributed by atoms with van der Waals surface area (Å²) in [5.74, 6) is -0.134. The van der Waals surface area contributed by atoms with Crippen LogP contribution in [-0.4, -0.2) is 34.0 Å². The van der Waals surface area contributed by atoms with Gasteiger partial charge < -0.3 is 9.73 Å². The summed E-state index contributed by atoms with van der Waals surface area (Å²) in [4.78, 5) is 21.0. The summed E-state index contributed by atoms with van der Waals surface area (Å²) in [6, 6.07) is 2.22. The molecular formula is C11H12N6O4. The Morgan fingerprint density at radius 3 is 2.95 bits per heavy atom. The number of amides is 2. The van der Waals surface area contributed by atoms with Gasteiger partial charge >= 0.3 is 11.9 Å². The van der Waals surface area contributed by atoms with E-state index in [4.69, 9.17) is 4.42 Å². The van der Waals surface area contributed by atoms with E-state index in [1.807, 2.05) is 0 Å². The molecule has 0 saturated heterocycles. The van der Waals surface area contributed by atoms with Gasteiger partial charge in [0.15, 0.2) is 5.76 Å². The first-order valence-corrected chi connectivity index (χ1v) is 5.80. The van der Waals surface area contributed by atoms with Gasteiger partial charge in [0.2, 0.25) is 0 Å². The second-order valence-electron chi connectivity index (χ2n) is 3.95. The summed E-state index contributed by atoms with van der Waals surface area (Å²) in [7, 11) is 3.15. The predicted octanol–water partition coefficient (Wildman–Crippen LogP) is 0.851. The topological polar surface area (TPSA) is 128 Å². The molecule has 10 heteroatoms. The molecule has 2 N–H and O–H groups in total. The molecule has 0 fully saturated rings. The fraction of sp³-hybridized carbons (Fsp3) is 0.182. The minimum absolute atomic E-state index is 0.240. The summed E-state index contributed by atoms with van der Waals surface area (Å²) in [6.45, 7) is 0. The molecule has 0 bridgehead atoms. The summed E-state index contributed by atoms with van der Waals surface area (Å²) in [5, 5.41) is 20.9. The molecule has 2 amide bonds. The number of furan rings is 1. The molecule has 110 valence electrons. The number of carbonyl (C=O) groups is 1. The molecule has 10 nitrogen and oxygen atoms in total. The maximum absolute atomic E-state index is 11.0. The van der Waals surface area contributed by atoms with Gasteiger partial charge in [-0.1, -0.05) is 0 Å². The fourth-order valence-corrected chi connectivity index (χ4v) is 1.56.